The molecule has 1 heterocycles. The molecule has 0 amide bonds. The van der Waals surface area contributed by atoms with E-state index in [1.807, 2.05) is 51.1 Å². The van der Waals surface area contributed by atoms with Crippen molar-refractivity contribution in [3.05, 3.63) is 30.3 Å². The molecule has 15 heavy (non-hydrogen) atoms. The summed E-state index contributed by atoms with van der Waals surface area (Å²) in [7, 11) is -0.916. The van der Waals surface area contributed by atoms with E-state index in [9.17, 15) is 5.11 Å². The van der Waals surface area contributed by atoms with E-state index in [4.69, 9.17) is 4.52 Å². The molecule has 1 aromatic rings. The van der Waals surface area contributed by atoms with E-state index in [2.05, 4.69) is 0 Å². The Labute approximate surface area is 92.1 Å². The third-order valence-corrected chi connectivity index (χ3v) is 5.00. The van der Waals surface area contributed by atoms with Crippen molar-refractivity contribution in [1.82, 2.24) is 0 Å². The Bertz CT molecular complexity index is 346. The third-order valence-electron chi connectivity index (χ3n) is 2.53. The molecule has 1 aromatic carbocycles. The number of hydrogen-bond donors (Lipinski definition) is 1. The molecular formula is C12H17O2P. The number of aliphatic hydroxyl groups is 1. The molecule has 0 saturated carbocycles. The summed E-state index contributed by atoms with van der Waals surface area (Å²) in [6.07, 6.45) is 0.695. The Morgan fingerprint density at radius 2 is 1.80 bits per heavy atom. The van der Waals surface area contributed by atoms with E-state index >= 15 is 0 Å². The van der Waals surface area contributed by atoms with Crippen LogP contribution in [0.2, 0.25) is 0 Å². The standard InChI is InChI=1S/C12H17O2P/c1-11(2)9-12(3,13)15(14-11)10-7-5-4-6-8-10/h4-8,13H,9H2,1-3H3/t12-,15?/m0/s1. The first-order valence-electron chi connectivity index (χ1n) is 5.18. The molecule has 2 rings (SSSR count). The maximum Gasteiger partial charge on any atom is 0.112 e. The van der Waals surface area contributed by atoms with Gasteiger partial charge in [-0.1, -0.05) is 30.3 Å². The molecule has 1 fully saturated rings. The molecule has 1 N–H and O–H groups in total. The summed E-state index contributed by atoms with van der Waals surface area (Å²) in [6.45, 7) is 5.94. The van der Waals surface area contributed by atoms with Gasteiger partial charge in [0.1, 0.15) is 5.34 Å². The average molecular weight is 224 g/mol. The molecule has 3 heteroatoms. The lowest BCUT2D eigenvalue weighted by molar-refractivity contribution is 0.0933. The van der Waals surface area contributed by atoms with Crippen molar-refractivity contribution in [2.24, 2.45) is 0 Å². The Morgan fingerprint density at radius 1 is 1.20 bits per heavy atom. The van der Waals surface area contributed by atoms with Gasteiger partial charge in [-0.2, -0.15) is 0 Å². The van der Waals surface area contributed by atoms with Crippen molar-refractivity contribution >= 4 is 13.5 Å². The molecule has 1 aliphatic heterocycles. The van der Waals surface area contributed by atoms with Crippen LogP contribution in [-0.2, 0) is 4.52 Å². The molecule has 0 radical (unpaired) electrons. The van der Waals surface area contributed by atoms with Crippen molar-refractivity contribution in [1.29, 1.82) is 0 Å². The second-order valence-corrected chi connectivity index (χ2v) is 7.13. The summed E-state index contributed by atoms with van der Waals surface area (Å²) in [6, 6.07) is 10.0. The fraction of sp³-hybridized carbons (Fsp3) is 0.500. The van der Waals surface area contributed by atoms with E-state index in [0.29, 0.717) is 6.42 Å². The van der Waals surface area contributed by atoms with E-state index in [0.717, 1.165) is 5.30 Å². The molecule has 0 bridgehead atoms. The van der Waals surface area contributed by atoms with Crippen LogP contribution in [-0.4, -0.2) is 16.0 Å². The summed E-state index contributed by atoms with van der Waals surface area (Å²) >= 11 is 0. The van der Waals surface area contributed by atoms with Crippen LogP contribution in [0.5, 0.6) is 0 Å². The maximum absolute atomic E-state index is 10.3. The minimum absolute atomic E-state index is 0.217. The van der Waals surface area contributed by atoms with Crippen molar-refractivity contribution in [2.75, 3.05) is 0 Å². The van der Waals surface area contributed by atoms with Crippen LogP contribution in [0.4, 0.5) is 0 Å². The second-order valence-electron chi connectivity index (χ2n) is 4.87. The van der Waals surface area contributed by atoms with Gasteiger partial charge in [-0.25, -0.2) is 0 Å². The quantitative estimate of drug-likeness (QED) is 0.743. The zero-order valence-electron chi connectivity index (χ0n) is 9.40. The van der Waals surface area contributed by atoms with Gasteiger partial charge in [-0.3, -0.25) is 0 Å². The zero-order valence-corrected chi connectivity index (χ0v) is 10.3. The molecule has 0 aromatic heterocycles. The second kappa shape index (κ2) is 3.55. The highest BCUT2D eigenvalue weighted by Gasteiger charge is 2.48. The van der Waals surface area contributed by atoms with Crippen molar-refractivity contribution in [3.63, 3.8) is 0 Å². The van der Waals surface area contributed by atoms with Gasteiger partial charge in [0, 0.05) is 11.7 Å². The lowest BCUT2D eigenvalue weighted by Gasteiger charge is -2.23. The van der Waals surface area contributed by atoms with Crippen molar-refractivity contribution < 1.29 is 9.63 Å². The van der Waals surface area contributed by atoms with Gasteiger partial charge in [0.15, 0.2) is 0 Å². The largest absolute Gasteiger partial charge is 0.383 e. The normalized spacial score (nSPS) is 34.3. The molecule has 1 aliphatic rings. The summed E-state index contributed by atoms with van der Waals surface area (Å²) in [5.74, 6) is 0. The van der Waals surface area contributed by atoms with Gasteiger partial charge in [0.2, 0.25) is 0 Å². The first-order chi connectivity index (χ1) is 6.91. The molecule has 0 spiro atoms. The molecular weight excluding hydrogens is 207 g/mol. The lowest BCUT2D eigenvalue weighted by atomic mass is 10.0. The average Bonchev–Trinajstić information content (AvgIpc) is 2.36. The van der Waals surface area contributed by atoms with Crippen LogP contribution in [0, 0.1) is 0 Å². The molecule has 2 atom stereocenters. The van der Waals surface area contributed by atoms with Gasteiger partial charge in [0.05, 0.1) is 13.7 Å². The summed E-state index contributed by atoms with van der Waals surface area (Å²) in [4.78, 5) is 0. The van der Waals surface area contributed by atoms with Crippen molar-refractivity contribution in [3.8, 4) is 0 Å². The highest BCUT2D eigenvalue weighted by atomic mass is 31.1. The fourth-order valence-corrected chi connectivity index (χ4v) is 4.53. The molecule has 1 unspecified atom stereocenters. The van der Waals surface area contributed by atoms with Gasteiger partial charge in [-0.15, -0.1) is 0 Å². The SMILES string of the molecule is CC1(C)C[C@@](C)(O)P(c2ccccc2)O1. The molecule has 82 valence electrons. The van der Waals surface area contributed by atoms with Gasteiger partial charge >= 0.3 is 0 Å². The minimum atomic E-state index is -0.916. The fourth-order valence-electron chi connectivity index (χ4n) is 2.15. The van der Waals surface area contributed by atoms with Crippen LogP contribution >= 0.6 is 8.15 Å². The minimum Gasteiger partial charge on any atom is -0.383 e. The van der Waals surface area contributed by atoms with Gasteiger partial charge < -0.3 is 9.63 Å². The van der Waals surface area contributed by atoms with Crippen LogP contribution in [0.3, 0.4) is 0 Å². The van der Waals surface area contributed by atoms with Crippen LogP contribution in [0.25, 0.3) is 0 Å². The first kappa shape index (κ1) is 11.1. The summed E-state index contributed by atoms with van der Waals surface area (Å²) < 4.78 is 5.96. The van der Waals surface area contributed by atoms with Crippen LogP contribution in [0.1, 0.15) is 27.2 Å². The highest BCUT2D eigenvalue weighted by molar-refractivity contribution is 7.62. The topological polar surface area (TPSA) is 29.5 Å². The monoisotopic (exact) mass is 224 g/mol. The number of rotatable bonds is 1. The molecule has 0 aliphatic carbocycles. The maximum atomic E-state index is 10.3. The van der Waals surface area contributed by atoms with Crippen LogP contribution < -0.4 is 5.30 Å². The van der Waals surface area contributed by atoms with E-state index in [-0.39, 0.29) is 5.60 Å². The summed E-state index contributed by atoms with van der Waals surface area (Å²) in [5.41, 5.74) is -0.217. The molecule has 1 saturated heterocycles. The highest BCUT2D eigenvalue weighted by Crippen LogP contribution is 2.60. The van der Waals surface area contributed by atoms with E-state index < -0.39 is 13.5 Å². The Morgan fingerprint density at radius 3 is 2.27 bits per heavy atom. The van der Waals surface area contributed by atoms with E-state index in [1.54, 1.807) is 0 Å². The Balaban J connectivity index is 2.31. The predicted octanol–water partition coefficient (Wildman–Crippen LogP) is 2.62. The number of hydrogen-bond acceptors (Lipinski definition) is 2. The molecule has 2 nitrogen and oxygen atoms in total. The van der Waals surface area contributed by atoms with Crippen molar-refractivity contribution in [2.45, 2.75) is 38.1 Å². The smallest absolute Gasteiger partial charge is 0.112 e. The lowest BCUT2D eigenvalue weighted by Crippen LogP contribution is -2.25. The Kier molecular flexibility index (Phi) is 2.62. The summed E-state index contributed by atoms with van der Waals surface area (Å²) in [5, 5.41) is 10.8. The predicted molar refractivity (Wildman–Crippen MR) is 63.4 cm³/mol. The number of benzene rings is 1. The Hall–Kier alpha value is -0.430. The third kappa shape index (κ3) is 2.23. The first-order valence-corrected chi connectivity index (χ1v) is 6.43. The van der Waals surface area contributed by atoms with E-state index in [1.165, 1.54) is 0 Å². The zero-order chi connectivity index (χ0) is 11.1. The van der Waals surface area contributed by atoms with Crippen LogP contribution in [0.15, 0.2) is 30.3 Å². The van der Waals surface area contributed by atoms with Gasteiger partial charge in [-0.05, 0) is 20.8 Å². The van der Waals surface area contributed by atoms with Gasteiger partial charge in [0.25, 0.3) is 0 Å².